The first-order valence-corrected chi connectivity index (χ1v) is 7.68. The number of rotatable bonds is 7. The average Bonchev–Trinajstić information content (AvgIpc) is 2.50. The summed E-state index contributed by atoms with van der Waals surface area (Å²) < 4.78 is 0. The summed E-state index contributed by atoms with van der Waals surface area (Å²) in [5.41, 5.74) is 0. The largest absolute Gasteiger partial charge is 0.315 e. The average molecular weight is 240 g/mol. The molecule has 0 bridgehead atoms. The second-order valence-corrected chi connectivity index (χ2v) is 5.83. The smallest absolute Gasteiger partial charge is 0.00386 e. The van der Waals surface area contributed by atoms with Crippen molar-refractivity contribution in [3.05, 3.63) is 0 Å². The molecule has 2 nitrogen and oxygen atoms in total. The van der Waals surface area contributed by atoms with Crippen LogP contribution in [0.15, 0.2) is 0 Å². The van der Waals surface area contributed by atoms with Crippen LogP contribution in [-0.4, -0.2) is 37.1 Å². The predicted molar refractivity (Wildman–Crippen MR) is 76.4 cm³/mol. The zero-order chi connectivity index (χ0) is 12.5. The maximum absolute atomic E-state index is 3.49. The summed E-state index contributed by atoms with van der Waals surface area (Å²) in [6.07, 6.45) is 8.35. The second kappa shape index (κ2) is 8.93. The molecular formula is C15H32N2. The normalized spacial score (nSPS) is 24.5. The summed E-state index contributed by atoms with van der Waals surface area (Å²) in [6.45, 7) is 12.0. The first kappa shape index (κ1) is 15.0. The minimum Gasteiger partial charge on any atom is -0.315 e. The summed E-state index contributed by atoms with van der Waals surface area (Å²) in [6, 6.07) is 0.698. The van der Waals surface area contributed by atoms with Crippen LogP contribution in [-0.2, 0) is 0 Å². The van der Waals surface area contributed by atoms with Crippen LogP contribution >= 0.6 is 0 Å². The van der Waals surface area contributed by atoms with E-state index in [4.69, 9.17) is 0 Å². The standard InChI is InChI=1S/C15H32N2/c1-4-16-15(3)9-5-6-11-17-12-7-8-14(2)10-13-17/h14-16H,4-13H2,1-3H3. The van der Waals surface area contributed by atoms with Crippen LogP contribution in [0.2, 0.25) is 0 Å². The molecule has 2 atom stereocenters. The van der Waals surface area contributed by atoms with Crippen LogP contribution in [0.1, 0.15) is 59.3 Å². The van der Waals surface area contributed by atoms with E-state index in [2.05, 4.69) is 31.0 Å². The lowest BCUT2D eigenvalue weighted by Gasteiger charge is -2.20. The lowest BCUT2D eigenvalue weighted by atomic mass is 10.0. The first-order chi connectivity index (χ1) is 8.22. The minimum atomic E-state index is 0.698. The van der Waals surface area contributed by atoms with Gasteiger partial charge in [-0.25, -0.2) is 0 Å². The number of hydrogen-bond acceptors (Lipinski definition) is 2. The third-order valence-corrected chi connectivity index (χ3v) is 4.02. The number of nitrogens with zero attached hydrogens (tertiary/aromatic N) is 1. The minimum absolute atomic E-state index is 0.698. The molecule has 2 heteroatoms. The molecular weight excluding hydrogens is 208 g/mol. The van der Waals surface area contributed by atoms with Crippen LogP contribution in [0.4, 0.5) is 0 Å². The Labute approximate surface area is 108 Å². The molecule has 0 amide bonds. The molecule has 0 radical (unpaired) electrons. The Bertz CT molecular complexity index is 182. The van der Waals surface area contributed by atoms with Gasteiger partial charge < -0.3 is 10.2 Å². The molecule has 1 heterocycles. The molecule has 1 saturated heterocycles. The van der Waals surface area contributed by atoms with Gasteiger partial charge in [-0.15, -0.1) is 0 Å². The molecule has 1 aliphatic heterocycles. The quantitative estimate of drug-likeness (QED) is 0.687. The van der Waals surface area contributed by atoms with Crippen molar-refractivity contribution in [2.45, 2.75) is 65.3 Å². The zero-order valence-electron chi connectivity index (χ0n) is 12.2. The Kier molecular flexibility index (Phi) is 7.87. The Morgan fingerprint density at radius 3 is 2.82 bits per heavy atom. The van der Waals surface area contributed by atoms with Crippen molar-refractivity contribution in [1.29, 1.82) is 0 Å². The van der Waals surface area contributed by atoms with E-state index >= 15 is 0 Å². The van der Waals surface area contributed by atoms with E-state index in [0.717, 1.165) is 12.5 Å². The monoisotopic (exact) mass is 240 g/mol. The van der Waals surface area contributed by atoms with Gasteiger partial charge in [0.2, 0.25) is 0 Å². The van der Waals surface area contributed by atoms with Crippen molar-refractivity contribution in [2.24, 2.45) is 5.92 Å². The summed E-state index contributed by atoms with van der Waals surface area (Å²) in [7, 11) is 0. The van der Waals surface area contributed by atoms with Crippen LogP contribution in [0.5, 0.6) is 0 Å². The van der Waals surface area contributed by atoms with Gasteiger partial charge in [0.1, 0.15) is 0 Å². The van der Waals surface area contributed by atoms with E-state index in [0.29, 0.717) is 6.04 Å². The highest BCUT2D eigenvalue weighted by Gasteiger charge is 2.12. The van der Waals surface area contributed by atoms with Gasteiger partial charge in [0, 0.05) is 6.04 Å². The topological polar surface area (TPSA) is 15.3 Å². The maximum Gasteiger partial charge on any atom is 0.00386 e. The van der Waals surface area contributed by atoms with E-state index in [9.17, 15) is 0 Å². The van der Waals surface area contributed by atoms with Crippen molar-refractivity contribution in [1.82, 2.24) is 10.2 Å². The predicted octanol–water partition coefficient (Wildman–Crippen LogP) is 3.28. The molecule has 17 heavy (non-hydrogen) atoms. The molecule has 1 aliphatic rings. The second-order valence-electron chi connectivity index (χ2n) is 5.83. The van der Waals surface area contributed by atoms with Gasteiger partial charge in [-0.3, -0.25) is 0 Å². The van der Waals surface area contributed by atoms with Gasteiger partial charge in [0.05, 0.1) is 0 Å². The molecule has 2 unspecified atom stereocenters. The lowest BCUT2D eigenvalue weighted by Crippen LogP contribution is -2.27. The molecule has 0 saturated carbocycles. The summed E-state index contributed by atoms with van der Waals surface area (Å²) in [5.74, 6) is 0.953. The van der Waals surface area contributed by atoms with Crippen LogP contribution in [0.3, 0.4) is 0 Å². The van der Waals surface area contributed by atoms with E-state index < -0.39 is 0 Å². The Morgan fingerprint density at radius 2 is 2.06 bits per heavy atom. The fourth-order valence-electron chi connectivity index (χ4n) is 2.78. The van der Waals surface area contributed by atoms with E-state index in [1.165, 1.54) is 58.2 Å². The number of nitrogens with one attached hydrogen (secondary N) is 1. The van der Waals surface area contributed by atoms with Gasteiger partial charge in [0.25, 0.3) is 0 Å². The van der Waals surface area contributed by atoms with Crippen molar-refractivity contribution >= 4 is 0 Å². The molecule has 0 aromatic carbocycles. The van der Waals surface area contributed by atoms with Gasteiger partial charge in [-0.1, -0.05) is 20.3 Å². The van der Waals surface area contributed by atoms with Crippen molar-refractivity contribution in [2.75, 3.05) is 26.2 Å². The highest BCUT2D eigenvalue weighted by atomic mass is 15.1. The van der Waals surface area contributed by atoms with Crippen LogP contribution in [0, 0.1) is 5.92 Å². The van der Waals surface area contributed by atoms with E-state index in [1.54, 1.807) is 0 Å². The van der Waals surface area contributed by atoms with E-state index in [-0.39, 0.29) is 0 Å². The number of likely N-dealkylation sites (tertiary alicyclic amines) is 1. The van der Waals surface area contributed by atoms with Gasteiger partial charge in [-0.05, 0) is 71.1 Å². The highest BCUT2D eigenvalue weighted by Crippen LogP contribution is 2.16. The summed E-state index contributed by atoms with van der Waals surface area (Å²) in [5, 5.41) is 3.49. The van der Waals surface area contributed by atoms with Crippen molar-refractivity contribution < 1.29 is 0 Å². The SMILES string of the molecule is CCNC(C)CCCCN1CCCC(C)CC1. The van der Waals surface area contributed by atoms with Gasteiger partial charge in [0.15, 0.2) is 0 Å². The van der Waals surface area contributed by atoms with Crippen molar-refractivity contribution in [3.63, 3.8) is 0 Å². The highest BCUT2D eigenvalue weighted by molar-refractivity contribution is 4.68. The Morgan fingerprint density at radius 1 is 1.24 bits per heavy atom. The molecule has 0 aliphatic carbocycles. The molecule has 0 aromatic rings. The number of hydrogen-bond donors (Lipinski definition) is 1. The lowest BCUT2D eigenvalue weighted by molar-refractivity contribution is 0.273. The zero-order valence-corrected chi connectivity index (χ0v) is 12.2. The molecule has 1 fully saturated rings. The fourth-order valence-corrected chi connectivity index (χ4v) is 2.78. The Hall–Kier alpha value is -0.0800. The maximum atomic E-state index is 3.49. The van der Waals surface area contributed by atoms with Crippen LogP contribution < -0.4 is 5.32 Å². The third-order valence-electron chi connectivity index (χ3n) is 4.02. The van der Waals surface area contributed by atoms with E-state index in [1.807, 2.05) is 0 Å². The molecule has 102 valence electrons. The first-order valence-electron chi connectivity index (χ1n) is 7.68. The molecule has 0 aromatic heterocycles. The summed E-state index contributed by atoms with van der Waals surface area (Å²) in [4.78, 5) is 2.68. The molecule has 1 rings (SSSR count). The number of unbranched alkanes of at least 4 members (excludes halogenated alkanes) is 1. The van der Waals surface area contributed by atoms with Gasteiger partial charge in [-0.2, -0.15) is 0 Å². The molecule has 1 N–H and O–H groups in total. The fraction of sp³-hybridized carbons (Fsp3) is 1.00. The molecule has 0 spiro atoms. The third kappa shape index (κ3) is 7.05. The van der Waals surface area contributed by atoms with Gasteiger partial charge >= 0.3 is 0 Å². The summed E-state index contributed by atoms with van der Waals surface area (Å²) >= 11 is 0. The van der Waals surface area contributed by atoms with Crippen molar-refractivity contribution in [3.8, 4) is 0 Å². The van der Waals surface area contributed by atoms with Crippen LogP contribution in [0.25, 0.3) is 0 Å². The Balaban J connectivity index is 2.02.